The van der Waals surface area contributed by atoms with Crippen molar-refractivity contribution in [1.82, 2.24) is 0 Å². The van der Waals surface area contributed by atoms with Gasteiger partial charge in [0.25, 0.3) is 0 Å². The van der Waals surface area contributed by atoms with Gasteiger partial charge >= 0.3 is 0 Å². The Hall–Kier alpha value is -2.17. The lowest BCUT2D eigenvalue weighted by molar-refractivity contribution is 0.114. The van der Waals surface area contributed by atoms with E-state index >= 15 is 0 Å². The molecule has 1 aliphatic rings. The average molecular weight is 239 g/mol. The van der Waals surface area contributed by atoms with Gasteiger partial charge in [-0.3, -0.25) is 11.2 Å². The second kappa shape index (κ2) is 4.60. The Kier molecular flexibility index (Phi) is 2.80. The summed E-state index contributed by atoms with van der Waals surface area (Å²) in [5, 5.41) is 0. The monoisotopic (exact) mass is 239 g/mol. The van der Waals surface area contributed by atoms with E-state index in [1.807, 2.05) is 54.6 Å². The number of nitrogens with one attached hydrogen (secondary N) is 1. The normalized spacial score (nSPS) is 18.3. The standard InChI is InChI=1S/C14H13N3O/c15-14-16-13(10-6-2-1-3-7-10)11-8-4-5-9-12(11)17-18-14/h1-9,14,17H,15H2. The van der Waals surface area contributed by atoms with Crippen molar-refractivity contribution >= 4 is 11.4 Å². The minimum atomic E-state index is -0.715. The second-order valence-electron chi connectivity index (χ2n) is 4.00. The molecule has 0 fully saturated rings. The van der Waals surface area contributed by atoms with Crippen molar-refractivity contribution in [3.05, 3.63) is 65.7 Å². The molecule has 18 heavy (non-hydrogen) atoms. The first-order valence-corrected chi connectivity index (χ1v) is 5.74. The zero-order valence-electron chi connectivity index (χ0n) is 9.71. The minimum Gasteiger partial charge on any atom is -0.285 e. The molecule has 1 atom stereocenters. The van der Waals surface area contributed by atoms with Gasteiger partial charge in [0.1, 0.15) is 0 Å². The van der Waals surface area contributed by atoms with E-state index in [-0.39, 0.29) is 0 Å². The van der Waals surface area contributed by atoms with Gasteiger partial charge in [-0.15, -0.1) is 0 Å². The van der Waals surface area contributed by atoms with Gasteiger partial charge in [-0.2, -0.15) is 0 Å². The van der Waals surface area contributed by atoms with Crippen LogP contribution in [-0.2, 0) is 4.84 Å². The first-order chi connectivity index (χ1) is 8.84. The van der Waals surface area contributed by atoms with Gasteiger partial charge in [-0.25, -0.2) is 9.83 Å². The molecule has 0 aliphatic carbocycles. The van der Waals surface area contributed by atoms with Crippen molar-refractivity contribution < 1.29 is 4.84 Å². The maximum atomic E-state index is 5.77. The summed E-state index contributed by atoms with van der Waals surface area (Å²) in [6, 6.07) is 17.8. The first-order valence-electron chi connectivity index (χ1n) is 5.74. The highest BCUT2D eigenvalue weighted by Gasteiger charge is 2.17. The number of para-hydroxylation sites is 1. The van der Waals surface area contributed by atoms with E-state index in [1.54, 1.807) is 0 Å². The van der Waals surface area contributed by atoms with Crippen LogP contribution in [0.1, 0.15) is 11.1 Å². The molecular formula is C14H13N3O. The largest absolute Gasteiger partial charge is 0.285 e. The van der Waals surface area contributed by atoms with E-state index in [4.69, 9.17) is 10.6 Å². The lowest BCUT2D eigenvalue weighted by atomic mass is 10.0. The fraction of sp³-hybridized carbons (Fsp3) is 0.0714. The van der Waals surface area contributed by atoms with Crippen LogP contribution in [0.15, 0.2) is 59.6 Å². The van der Waals surface area contributed by atoms with Gasteiger partial charge in [0.05, 0.1) is 11.4 Å². The Labute approximate surface area is 105 Å². The molecule has 1 heterocycles. The van der Waals surface area contributed by atoms with Crippen LogP contribution in [0.4, 0.5) is 5.69 Å². The van der Waals surface area contributed by atoms with E-state index in [9.17, 15) is 0 Å². The predicted molar refractivity (Wildman–Crippen MR) is 71.2 cm³/mol. The Morgan fingerprint density at radius 1 is 1.00 bits per heavy atom. The second-order valence-corrected chi connectivity index (χ2v) is 4.00. The maximum absolute atomic E-state index is 5.77. The molecule has 90 valence electrons. The number of aliphatic imine (C=N–C) groups is 1. The SMILES string of the molecule is NC1N=C(c2ccccc2)c2ccccc2NO1. The molecule has 0 amide bonds. The Bertz CT molecular complexity index is 581. The molecule has 3 rings (SSSR count). The number of rotatable bonds is 1. The van der Waals surface area contributed by atoms with Crippen molar-refractivity contribution in [2.45, 2.75) is 6.35 Å². The summed E-state index contributed by atoms with van der Waals surface area (Å²) in [5.74, 6) is 0. The van der Waals surface area contributed by atoms with Crippen molar-refractivity contribution in [2.75, 3.05) is 5.48 Å². The number of hydrogen-bond acceptors (Lipinski definition) is 4. The van der Waals surface area contributed by atoms with Gasteiger partial charge in [0.2, 0.25) is 6.35 Å². The average Bonchev–Trinajstić information content (AvgIpc) is 2.60. The maximum Gasteiger partial charge on any atom is 0.226 e. The Morgan fingerprint density at radius 2 is 1.72 bits per heavy atom. The van der Waals surface area contributed by atoms with Gasteiger partial charge < -0.3 is 0 Å². The quantitative estimate of drug-likeness (QED) is 0.801. The zero-order chi connectivity index (χ0) is 12.4. The third kappa shape index (κ3) is 1.99. The van der Waals surface area contributed by atoms with Gasteiger partial charge in [0.15, 0.2) is 0 Å². The van der Waals surface area contributed by atoms with E-state index in [0.717, 1.165) is 22.5 Å². The van der Waals surface area contributed by atoms with Crippen molar-refractivity contribution in [2.24, 2.45) is 10.7 Å². The van der Waals surface area contributed by atoms with Crippen LogP contribution in [0.25, 0.3) is 0 Å². The van der Waals surface area contributed by atoms with Crippen LogP contribution in [0.3, 0.4) is 0 Å². The summed E-state index contributed by atoms with van der Waals surface area (Å²) in [5.41, 5.74) is 12.3. The molecule has 3 N–H and O–H groups in total. The fourth-order valence-electron chi connectivity index (χ4n) is 1.95. The summed E-state index contributed by atoms with van der Waals surface area (Å²) in [6.45, 7) is 0. The predicted octanol–water partition coefficient (Wildman–Crippen LogP) is 2.12. The molecule has 2 aromatic rings. The van der Waals surface area contributed by atoms with Gasteiger partial charge in [-0.05, 0) is 6.07 Å². The van der Waals surface area contributed by atoms with Crippen LogP contribution in [0.5, 0.6) is 0 Å². The van der Waals surface area contributed by atoms with Crippen LogP contribution in [0, 0.1) is 0 Å². The number of hydrogen-bond donors (Lipinski definition) is 2. The molecule has 0 bridgehead atoms. The number of fused-ring (bicyclic) bond motifs is 1. The topological polar surface area (TPSA) is 59.6 Å². The van der Waals surface area contributed by atoms with E-state index in [0.29, 0.717) is 0 Å². The number of anilines is 1. The molecule has 0 aromatic heterocycles. The lowest BCUT2D eigenvalue weighted by Crippen LogP contribution is -2.23. The van der Waals surface area contributed by atoms with E-state index in [1.165, 1.54) is 0 Å². The van der Waals surface area contributed by atoms with Crippen molar-refractivity contribution in [3.63, 3.8) is 0 Å². The summed E-state index contributed by atoms with van der Waals surface area (Å²) in [4.78, 5) is 9.62. The molecule has 0 saturated carbocycles. The first kappa shape index (κ1) is 11.0. The Balaban J connectivity index is 2.16. The molecule has 0 radical (unpaired) electrons. The highest BCUT2D eigenvalue weighted by Crippen LogP contribution is 2.22. The van der Waals surface area contributed by atoms with E-state index < -0.39 is 6.35 Å². The van der Waals surface area contributed by atoms with Crippen LogP contribution < -0.4 is 11.2 Å². The third-order valence-corrected chi connectivity index (χ3v) is 2.78. The molecule has 1 unspecified atom stereocenters. The summed E-state index contributed by atoms with van der Waals surface area (Å²) < 4.78 is 0. The number of nitrogens with zero attached hydrogens (tertiary/aromatic N) is 1. The summed E-state index contributed by atoms with van der Waals surface area (Å²) in [7, 11) is 0. The van der Waals surface area contributed by atoms with Crippen LogP contribution in [0.2, 0.25) is 0 Å². The Morgan fingerprint density at radius 3 is 2.56 bits per heavy atom. The number of benzene rings is 2. The van der Waals surface area contributed by atoms with Crippen molar-refractivity contribution in [3.8, 4) is 0 Å². The molecule has 4 nitrogen and oxygen atoms in total. The minimum absolute atomic E-state index is 0.715. The summed E-state index contributed by atoms with van der Waals surface area (Å²) in [6.07, 6.45) is -0.715. The highest BCUT2D eigenvalue weighted by atomic mass is 16.7. The van der Waals surface area contributed by atoms with Gasteiger partial charge in [0, 0.05) is 11.1 Å². The third-order valence-electron chi connectivity index (χ3n) is 2.78. The molecule has 4 heteroatoms. The van der Waals surface area contributed by atoms with Crippen molar-refractivity contribution in [1.29, 1.82) is 0 Å². The van der Waals surface area contributed by atoms with E-state index in [2.05, 4.69) is 10.5 Å². The zero-order valence-corrected chi connectivity index (χ0v) is 9.71. The molecule has 1 aliphatic heterocycles. The molecule has 2 aromatic carbocycles. The lowest BCUT2D eigenvalue weighted by Gasteiger charge is -2.08. The summed E-state index contributed by atoms with van der Waals surface area (Å²) >= 11 is 0. The molecule has 0 saturated heterocycles. The molecular weight excluding hydrogens is 226 g/mol. The molecule has 0 spiro atoms. The number of nitrogens with two attached hydrogens (primary N) is 1. The smallest absolute Gasteiger partial charge is 0.226 e. The highest BCUT2D eigenvalue weighted by molar-refractivity contribution is 6.16. The fourth-order valence-corrected chi connectivity index (χ4v) is 1.95. The van der Waals surface area contributed by atoms with Crippen LogP contribution in [-0.4, -0.2) is 12.1 Å². The van der Waals surface area contributed by atoms with Gasteiger partial charge in [-0.1, -0.05) is 48.5 Å². The van der Waals surface area contributed by atoms with Crippen LogP contribution >= 0.6 is 0 Å².